The van der Waals surface area contributed by atoms with Crippen LogP contribution in [0.5, 0.6) is 0 Å². The molecule has 0 saturated carbocycles. The number of hydrogen-bond donors (Lipinski definition) is 3. The molecule has 3 N–H and O–H groups in total. The maximum atomic E-state index is 12.0. The highest BCUT2D eigenvalue weighted by Crippen LogP contribution is 2.26. The number of aliphatic hydroxyl groups is 1. The summed E-state index contributed by atoms with van der Waals surface area (Å²) in [7, 11) is 0. The lowest BCUT2D eigenvalue weighted by Crippen LogP contribution is -2.29. The zero-order chi connectivity index (χ0) is 16.9. The van der Waals surface area contributed by atoms with Gasteiger partial charge in [0.2, 0.25) is 0 Å². The molecule has 0 fully saturated rings. The van der Waals surface area contributed by atoms with Crippen LogP contribution in [0.25, 0.3) is 16.9 Å². The number of carbonyl (C=O) groups excluding carboxylic acids is 1. The Morgan fingerprint density at radius 1 is 1.33 bits per heavy atom. The summed E-state index contributed by atoms with van der Waals surface area (Å²) in [6.07, 6.45) is 4.20. The molecule has 0 unspecified atom stereocenters. The van der Waals surface area contributed by atoms with Crippen molar-refractivity contribution in [2.75, 3.05) is 11.9 Å². The van der Waals surface area contributed by atoms with E-state index in [0.29, 0.717) is 23.6 Å². The molecule has 3 aromatic rings. The molecule has 7 nitrogen and oxygen atoms in total. The third-order valence-electron chi connectivity index (χ3n) is 3.61. The standard InChI is InChI=1S/C17H19N5O2/c1-2-7-19-17(24)20-15-10-14(21-22-9-8-18-16(15)22)13-6-4-3-5-12(13)11-23/h3-6,8-10,23H,2,7,11H2,1H3,(H2,19,20,24). The number of anilines is 1. The molecule has 1 aromatic carbocycles. The number of aliphatic hydroxyl groups excluding tert-OH is 1. The first-order chi connectivity index (χ1) is 11.7. The molecule has 124 valence electrons. The number of urea groups is 1. The minimum atomic E-state index is -0.283. The Kier molecular flexibility index (Phi) is 4.72. The van der Waals surface area contributed by atoms with Gasteiger partial charge in [-0.3, -0.25) is 0 Å². The van der Waals surface area contributed by atoms with Crippen LogP contribution >= 0.6 is 0 Å². The number of fused-ring (bicyclic) bond motifs is 1. The fraction of sp³-hybridized carbons (Fsp3) is 0.235. The summed E-state index contributed by atoms with van der Waals surface area (Å²) < 4.78 is 1.61. The number of benzene rings is 1. The number of nitrogens with zero attached hydrogens (tertiary/aromatic N) is 3. The van der Waals surface area contributed by atoms with E-state index in [1.165, 1.54) is 0 Å². The third kappa shape index (κ3) is 3.21. The molecule has 0 atom stereocenters. The first-order valence-electron chi connectivity index (χ1n) is 7.81. The van der Waals surface area contributed by atoms with E-state index in [9.17, 15) is 9.90 Å². The van der Waals surface area contributed by atoms with E-state index >= 15 is 0 Å². The SMILES string of the molecule is CCCNC(=O)Nc1cc(-c2ccccc2CO)nn2ccnc12. The summed E-state index contributed by atoms with van der Waals surface area (Å²) >= 11 is 0. The molecule has 2 aromatic heterocycles. The smallest absolute Gasteiger partial charge is 0.319 e. The summed E-state index contributed by atoms with van der Waals surface area (Å²) in [4.78, 5) is 16.2. The van der Waals surface area contributed by atoms with Gasteiger partial charge in [0, 0.05) is 24.5 Å². The van der Waals surface area contributed by atoms with Crippen LogP contribution in [0.2, 0.25) is 0 Å². The van der Waals surface area contributed by atoms with Gasteiger partial charge in [-0.2, -0.15) is 5.10 Å². The van der Waals surface area contributed by atoms with Crippen molar-refractivity contribution in [1.82, 2.24) is 19.9 Å². The minimum Gasteiger partial charge on any atom is -0.392 e. The molecule has 0 aliphatic rings. The quantitative estimate of drug-likeness (QED) is 0.672. The number of imidazole rings is 1. The van der Waals surface area contributed by atoms with Gasteiger partial charge in [-0.1, -0.05) is 31.2 Å². The summed E-state index contributed by atoms with van der Waals surface area (Å²) in [5, 5.41) is 19.6. The molecule has 24 heavy (non-hydrogen) atoms. The van der Waals surface area contributed by atoms with Gasteiger partial charge in [0.1, 0.15) is 0 Å². The van der Waals surface area contributed by atoms with E-state index in [0.717, 1.165) is 17.5 Å². The Labute approximate surface area is 139 Å². The molecular weight excluding hydrogens is 306 g/mol. The van der Waals surface area contributed by atoms with Crippen LogP contribution in [-0.4, -0.2) is 32.3 Å². The molecule has 2 heterocycles. The number of rotatable bonds is 5. The molecule has 7 heteroatoms. The second-order valence-electron chi connectivity index (χ2n) is 5.33. The average Bonchev–Trinajstić information content (AvgIpc) is 3.08. The van der Waals surface area contributed by atoms with Crippen molar-refractivity contribution in [3.8, 4) is 11.3 Å². The van der Waals surface area contributed by atoms with Crippen LogP contribution in [-0.2, 0) is 6.61 Å². The lowest BCUT2D eigenvalue weighted by molar-refractivity contribution is 0.252. The van der Waals surface area contributed by atoms with Crippen LogP contribution in [0, 0.1) is 0 Å². The number of aromatic nitrogens is 3. The number of hydrogen-bond acceptors (Lipinski definition) is 4. The maximum absolute atomic E-state index is 12.0. The number of carbonyl (C=O) groups is 1. The van der Waals surface area contributed by atoms with Gasteiger partial charge >= 0.3 is 6.03 Å². The molecular formula is C17H19N5O2. The zero-order valence-electron chi connectivity index (χ0n) is 13.4. The zero-order valence-corrected chi connectivity index (χ0v) is 13.4. The Bertz CT molecular complexity index is 859. The van der Waals surface area contributed by atoms with Crippen LogP contribution in [0.1, 0.15) is 18.9 Å². The van der Waals surface area contributed by atoms with Crippen molar-refractivity contribution in [3.05, 3.63) is 48.3 Å². The second kappa shape index (κ2) is 7.10. The molecule has 3 rings (SSSR count). The van der Waals surface area contributed by atoms with E-state index in [4.69, 9.17) is 0 Å². The van der Waals surface area contributed by atoms with Gasteiger partial charge in [-0.15, -0.1) is 0 Å². The van der Waals surface area contributed by atoms with Crippen LogP contribution in [0.4, 0.5) is 10.5 Å². The van der Waals surface area contributed by atoms with Gasteiger partial charge < -0.3 is 15.7 Å². The van der Waals surface area contributed by atoms with Crippen molar-refractivity contribution in [1.29, 1.82) is 0 Å². The van der Waals surface area contributed by atoms with Crippen molar-refractivity contribution in [2.24, 2.45) is 0 Å². The van der Waals surface area contributed by atoms with Gasteiger partial charge in [0.05, 0.1) is 18.0 Å². The van der Waals surface area contributed by atoms with Crippen molar-refractivity contribution in [3.63, 3.8) is 0 Å². The van der Waals surface area contributed by atoms with Gasteiger partial charge in [0.25, 0.3) is 0 Å². The molecule has 2 amide bonds. The minimum absolute atomic E-state index is 0.0838. The number of amides is 2. The monoisotopic (exact) mass is 325 g/mol. The highest BCUT2D eigenvalue weighted by molar-refractivity contribution is 5.94. The lowest BCUT2D eigenvalue weighted by Gasteiger charge is -2.11. The maximum Gasteiger partial charge on any atom is 0.319 e. The van der Waals surface area contributed by atoms with E-state index in [1.807, 2.05) is 31.2 Å². The van der Waals surface area contributed by atoms with Crippen LogP contribution in [0.3, 0.4) is 0 Å². The van der Waals surface area contributed by atoms with E-state index < -0.39 is 0 Å². The fourth-order valence-electron chi connectivity index (χ4n) is 2.45. The largest absolute Gasteiger partial charge is 0.392 e. The van der Waals surface area contributed by atoms with Crippen LogP contribution in [0.15, 0.2) is 42.7 Å². The van der Waals surface area contributed by atoms with Crippen molar-refractivity contribution < 1.29 is 9.90 Å². The lowest BCUT2D eigenvalue weighted by atomic mass is 10.0. The van der Waals surface area contributed by atoms with Gasteiger partial charge in [-0.25, -0.2) is 14.3 Å². The highest BCUT2D eigenvalue weighted by Gasteiger charge is 2.13. The molecule has 0 spiro atoms. The summed E-state index contributed by atoms with van der Waals surface area (Å²) in [6, 6.07) is 8.96. The Hall–Kier alpha value is -2.93. The topological polar surface area (TPSA) is 91.5 Å². The third-order valence-corrected chi connectivity index (χ3v) is 3.61. The van der Waals surface area contributed by atoms with E-state index in [2.05, 4.69) is 20.7 Å². The Morgan fingerprint density at radius 3 is 2.96 bits per heavy atom. The van der Waals surface area contributed by atoms with Crippen molar-refractivity contribution in [2.45, 2.75) is 20.0 Å². The molecule has 0 aliphatic carbocycles. The molecule has 0 aliphatic heterocycles. The summed E-state index contributed by atoms with van der Waals surface area (Å²) in [5.74, 6) is 0. The fourth-order valence-corrected chi connectivity index (χ4v) is 2.45. The second-order valence-corrected chi connectivity index (χ2v) is 5.33. The van der Waals surface area contributed by atoms with Crippen molar-refractivity contribution >= 4 is 17.4 Å². The highest BCUT2D eigenvalue weighted by atomic mass is 16.3. The Morgan fingerprint density at radius 2 is 2.17 bits per heavy atom. The van der Waals surface area contributed by atoms with Crippen LogP contribution < -0.4 is 10.6 Å². The molecule has 0 saturated heterocycles. The summed E-state index contributed by atoms with van der Waals surface area (Å²) in [5.41, 5.74) is 3.35. The van der Waals surface area contributed by atoms with Gasteiger partial charge in [0.15, 0.2) is 5.65 Å². The average molecular weight is 325 g/mol. The van der Waals surface area contributed by atoms with Gasteiger partial charge in [-0.05, 0) is 18.1 Å². The predicted molar refractivity (Wildman–Crippen MR) is 91.7 cm³/mol. The summed E-state index contributed by atoms with van der Waals surface area (Å²) in [6.45, 7) is 2.50. The first kappa shape index (κ1) is 15.9. The Balaban J connectivity index is 2.03. The predicted octanol–water partition coefficient (Wildman–Crippen LogP) is 2.42. The molecule has 0 bridgehead atoms. The first-order valence-corrected chi connectivity index (χ1v) is 7.81. The number of nitrogens with one attached hydrogen (secondary N) is 2. The van der Waals surface area contributed by atoms with E-state index in [1.54, 1.807) is 23.0 Å². The van der Waals surface area contributed by atoms with E-state index in [-0.39, 0.29) is 12.6 Å². The normalized spacial score (nSPS) is 10.8. The molecule has 0 radical (unpaired) electrons.